The highest BCUT2D eigenvalue weighted by Gasteiger charge is 2.32. The summed E-state index contributed by atoms with van der Waals surface area (Å²) >= 11 is 1.36. The summed E-state index contributed by atoms with van der Waals surface area (Å²) in [5, 5.41) is 0.720. The molecule has 0 spiro atoms. The molecule has 0 N–H and O–H groups in total. The molecule has 1 saturated heterocycles. The van der Waals surface area contributed by atoms with Crippen molar-refractivity contribution < 1.29 is 18.7 Å². The van der Waals surface area contributed by atoms with Gasteiger partial charge in [-0.1, -0.05) is 12.1 Å². The number of thiazole rings is 1. The van der Waals surface area contributed by atoms with Crippen molar-refractivity contribution >= 4 is 17.2 Å². The summed E-state index contributed by atoms with van der Waals surface area (Å²) in [5.41, 5.74) is 1.79. The number of halogens is 1. The Hall–Kier alpha value is -2.93. The quantitative estimate of drug-likeness (QED) is 0.547. The second-order valence-corrected chi connectivity index (χ2v) is 8.28. The maximum Gasteiger partial charge on any atom is 0.266 e. The van der Waals surface area contributed by atoms with Gasteiger partial charge in [0.2, 0.25) is 0 Å². The molecule has 156 valence electrons. The second kappa shape index (κ2) is 8.83. The van der Waals surface area contributed by atoms with E-state index >= 15 is 0 Å². The van der Waals surface area contributed by atoms with Crippen LogP contribution in [0, 0.1) is 12.7 Å². The van der Waals surface area contributed by atoms with Gasteiger partial charge in [-0.2, -0.15) is 0 Å². The van der Waals surface area contributed by atoms with Crippen LogP contribution < -0.4 is 9.47 Å². The Bertz CT molecular complexity index is 1040. The van der Waals surface area contributed by atoms with E-state index in [-0.39, 0.29) is 24.4 Å². The van der Waals surface area contributed by atoms with Gasteiger partial charge in [-0.05, 0) is 61.7 Å². The van der Waals surface area contributed by atoms with Gasteiger partial charge in [-0.3, -0.25) is 4.79 Å². The molecule has 0 aliphatic carbocycles. The summed E-state index contributed by atoms with van der Waals surface area (Å²) in [5.74, 6) is 1.05. The van der Waals surface area contributed by atoms with Crippen molar-refractivity contribution in [2.75, 3.05) is 13.7 Å². The van der Waals surface area contributed by atoms with E-state index in [9.17, 15) is 9.18 Å². The van der Waals surface area contributed by atoms with Gasteiger partial charge in [0.05, 0.1) is 18.8 Å². The van der Waals surface area contributed by atoms with Crippen molar-refractivity contribution in [3.8, 4) is 11.5 Å². The molecule has 1 fully saturated rings. The zero-order chi connectivity index (χ0) is 21.1. The highest BCUT2D eigenvalue weighted by atomic mass is 32.1. The minimum absolute atomic E-state index is 0.00310. The lowest BCUT2D eigenvalue weighted by Gasteiger charge is -2.25. The molecule has 1 aliphatic heterocycles. The standard InChI is InChI=1S/C23H23FN2O3S/c1-15-22(30-21(25-15)14-29-18-10-8-17(24)9-11-18)23(27)26-12-4-7-20(26)16-5-3-6-19(13-16)28-2/h3,5-6,8-11,13,20H,4,7,12,14H2,1-2H3/t20-/m0/s1. The molecule has 0 saturated carbocycles. The van der Waals surface area contributed by atoms with Crippen LogP contribution in [0.3, 0.4) is 0 Å². The fourth-order valence-electron chi connectivity index (χ4n) is 3.72. The van der Waals surface area contributed by atoms with E-state index in [1.54, 1.807) is 19.2 Å². The van der Waals surface area contributed by atoms with Gasteiger partial charge >= 0.3 is 0 Å². The Morgan fingerprint density at radius 2 is 2.03 bits per heavy atom. The van der Waals surface area contributed by atoms with Crippen LogP contribution in [-0.4, -0.2) is 29.4 Å². The SMILES string of the molecule is COc1cccc([C@@H]2CCCN2C(=O)c2sc(COc3ccc(F)cc3)nc2C)c1. The van der Waals surface area contributed by atoms with E-state index < -0.39 is 0 Å². The van der Waals surface area contributed by atoms with E-state index in [0.717, 1.165) is 35.7 Å². The van der Waals surface area contributed by atoms with Gasteiger partial charge in [0.15, 0.2) is 0 Å². The Kier molecular flexibility index (Phi) is 5.99. The minimum Gasteiger partial charge on any atom is -0.497 e. The number of benzene rings is 2. The highest BCUT2D eigenvalue weighted by molar-refractivity contribution is 7.13. The van der Waals surface area contributed by atoms with Gasteiger partial charge in [-0.25, -0.2) is 9.37 Å². The molecule has 1 aromatic heterocycles. The van der Waals surface area contributed by atoms with Crippen LogP contribution >= 0.6 is 11.3 Å². The van der Waals surface area contributed by atoms with Crippen molar-refractivity contribution in [1.29, 1.82) is 0 Å². The number of rotatable bonds is 6. The maximum absolute atomic E-state index is 13.3. The van der Waals surface area contributed by atoms with E-state index in [0.29, 0.717) is 16.3 Å². The molecule has 1 aliphatic rings. The van der Waals surface area contributed by atoms with Gasteiger partial charge in [0.25, 0.3) is 5.91 Å². The first-order chi connectivity index (χ1) is 14.5. The van der Waals surface area contributed by atoms with Crippen molar-refractivity contribution in [2.45, 2.75) is 32.4 Å². The number of nitrogens with zero attached hydrogens (tertiary/aromatic N) is 2. The fourth-order valence-corrected chi connectivity index (χ4v) is 4.66. The summed E-state index contributed by atoms with van der Waals surface area (Å²) in [6.07, 6.45) is 1.89. The van der Waals surface area contributed by atoms with Crippen LogP contribution in [-0.2, 0) is 6.61 Å². The first-order valence-electron chi connectivity index (χ1n) is 9.84. The third kappa shape index (κ3) is 4.31. The number of ether oxygens (including phenoxy) is 2. The van der Waals surface area contributed by atoms with Crippen LogP contribution in [0.5, 0.6) is 11.5 Å². The van der Waals surface area contributed by atoms with E-state index in [1.165, 1.54) is 23.5 Å². The molecule has 2 aromatic carbocycles. The molecule has 3 aromatic rings. The van der Waals surface area contributed by atoms with Crippen molar-refractivity contribution in [3.63, 3.8) is 0 Å². The first kappa shape index (κ1) is 20.3. The second-order valence-electron chi connectivity index (χ2n) is 7.20. The maximum atomic E-state index is 13.3. The van der Waals surface area contributed by atoms with Crippen LogP contribution in [0.2, 0.25) is 0 Å². The largest absolute Gasteiger partial charge is 0.497 e. The fraction of sp³-hybridized carbons (Fsp3) is 0.304. The highest BCUT2D eigenvalue weighted by Crippen LogP contribution is 2.35. The number of hydrogen-bond acceptors (Lipinski definition) is 5. The topological polar surface area (TPSA) is 51.7 Å². The molecule has 4 rings (SSSR count). The molecule has 0 bridgehead atoms. The monoisotopic (exact) mass is 426 g/mol. The Morgan fingerprint density at radius 3 is 2.80 bits per heavy atom. The van der Waals surface area contributed by atoms with E-state index in [4.69, 9.17) is 9.47 Å². The lowest BCUT2D eigenvalue weighted by molar-refractivity contribution is 0.0739. The molecule has 30 heavy (non-hydrogen) atoms. The molecular formula is C23H23FN2O3S. The number of likely N-dealkylation sites (tertiary alicyclic amines) is 1. The zero-order valence-electron chi connectivity index (χ0n) is 16.9. The first-order valence-corrected chi connectivity index (χ1v) is 10.7. The summed E-state index contributed by atoms with van der Waals surface area (Å²) < 4.78 is 24.0. The van der Waals surface area contributed by atoms with Crippen molar-refractivity contribution in [1.82, 2.24) is 9.88 Å². The average molecular weight is 427 g/mol. The molecule has 0 radical (unpaired) electrons. The number of methoxy groups -OCH3 is 1. The van der Waals surface area contributed by atoms with Crippen LogP contribution in [0.15, 0.2) is 48.5 Å². The zero-order valence-corrected chi connectivity index (χ0v) is 17.7. The summed E-state index contributed by atoms with van der Waals surface area (Å²) in [7, 11) is 1.65. The summed E-state index contributed by atoms with van der Waals surface area (Å²) in [4.78, 5) is 20.4. The number of carbonyl (C=O) groups excluding carboxylic acids is 1. The lowest BCUT2D eigenvalue weighted by atomic mass is 10.0. The number of aromatic nitrogens is 1. The molecule has 5 nitrogen and oxygen atoms in total. The van der Waals surface area contributed by atoms with Gasteiger partial charge in [0, 0.05) is 6.54 Å². The molecule has 7 heteroatoms. The Morgan fingerprint density at radius 1 is 1.23 bits per heavy atom. The normalized spacial score (nSPS) is 16.0. The summed E-state index contributed by atoms with van der Waals surface area (Å²) in [6.45, 7) is 2.81. The minimum atomic E-state index is -0.309. The number of amides is 1. The van der Waals surface area contributed by atoms with Gasteiger partial charge in [-0.15, -0.1) is 11.3 Å². The Balaban J connectivity index is 1.49. The van der Waals surface area contributed by atoms with Crippen LogP contribution in [0.4, 0.5) is 4.39 Å². The van der Waals surface area contributed by atoms with E-state index in [1.807, 2.05) is 36.1 Å². The summed E-state index contributed by atoms with van der Waals surface area (Å²) in [6, 6.07) is 13.8. The van der Waals surface area contributed by atoms with Crippen LogP contribution in [0.1, 0.15) is 44.8 Å². The molecule has 2 heterocycles. The van der Waals surface area contributed by atoms with Crippen LogP contribution in [0.25, 0.3) is 0 Å². The molecule has 1 atom stereocenters. The third-order valence-electron chi connectivity index (χ3n) is 5.20. The van der Waals surface area contributed by atoms with Gasteiger partial charge in [0.1, 0.15) is 33.8 Å². The molecular weight excluding hydrogens is 403 g/mol. The molecule has 0 unspecified atom stereocenters. The number of hydrogen-bond donors (Lipinski definition) is 0. The van der Waals surface area contributed by atoms with Crippen molar-refractivity contribution in [2.24, 2.45) is 0 Å². The third-order valence-corrected chi connectivity index (χ3v) is 6.32. The number of aryl methyl sites for hydroxylation is 1. The van der Waals surface area contributed by atoms with E-state index in [2.05, 4.69) is 4.98 Å². The Labute approximate surface area is 179 Å². The average Bonchev–Trinajstić information content (AvgIpc) is 3.40. The predicted molar refractivity (Wildman–Crippen MR) is 114 cm³/mol. The van der Waals surface area contributed by atoms with Crippen molar-refractivity contribution in [3.05, 3.63) is 75.5 Å². The number of carbonyl (C=O) groups is 1. The van der Waals surface area contributed by atoms with Gasteiger partial charge < -0.3 is 14.4 Å². The smallest absolute Gasteiger partial charge is 0.266 e. The molecule has 1 amide bonds. The predicted octanol–water partition coefficient (Wildman–Crippen LogP) is 5.16. The lowest BCUT2D eigenvalue weighted by Crippen LogP contribution is -2.30.